The van der Waals surface area contributed by atoms with Crippen LogP contribution >= 0.6 is 0 Å². The predicted octanol–water partition coefficient (Wildman–Crippen LogP) is 3.45. The van der Waals surface area contributed by atoms with Crippen LogP contribution in [0.1, 0.15) is 26.3 Å². The average Bonchev–Trinajstić information content (AvgIpc) is 2.68. The Balaban J connectivity index is 2.12. The number of hydrogen-bond donors (Lipinski definition) is 1. The molecule has 0 spiro atoms. The van der Waals surface area contributed by atoms with Crippen LogP contribution < -0.4 is 10.1 Å². The standard InChI is InChI=1S/C20H22N2O6/c1-13(28-19(24)20(2,3)14-8-6-5-7-9-14)18(23)21-16-12-15(22(25)26)10-11-17(16)27-4/h5-13H,1-4H3,(H,21,23)/t13-/m1/s1. The summed E-state index contributed by atoms with van der Waals surface area (Å²) in [6.07, 6.45) is -1.11. The highest BCUT2D eigenvalue weighted by molar-refractivity contribution is 5.97. The van der Waals surface area contributed by atoms with Gasteiger partial charge in [0.25, 0.3) is 11.6 Å². The molecule has 8 heteroatoms. The van der Waals surface area contributed by atoms with Crippen molar-refractivity contribution in [3.8, 4) is 5.75 Å². The SMILES string of the molecule is COc1ccc([N+](=O)[O-])cc1NC(=O)[C@@H](C)OC(=O)C(C)(C)c1ccccc1. The number of hydrogen-bond acceptors (Lipinski definition) is 6. The molecule has 28 heavy (non-hydrogen) atoms. The molecule has 8 nitrogen and oxygen atoms in total. The number of nitrogens with zero attached hydrogens (tertiary/aromatic N) is 1. The molecule has 0 bridgehead atoms. The molecule has 0 fully saturated rings. The summed E-state index contributed by atoms with van der Waals surface area (Å²) >= 11 is 0. The minimum atomic E-state index is -1.11. The van der Waals surface area contributed by atoms with Gasteiger partial charge in [-0.1, -0.05) is 30.3 Å². The molecule has 0 unspecified atom stereocenters. The Hall–Kier alpha value is -3.42. The van der Waals surface area contributed by atoms with Gasteiger partial charge in [-0.15, -0.1) is 0 Å². The van der Waals surface area contributed by atoms with E-state index in [1.165, 1.54) is 32.2 Å². The number of esters is 1. The van der Waals surface area contributed by atoms with Crippen molar-refractivity contribution in [2.75, 3.05) is 12.4 Å². The molecule has 1 atom stereocenters. The average molecular weight is 386 g/mol. The molecule has 0 aliphatic rings. The number of non-ortho nitro benzene ring substituents is 1. The zero-order chi connectivity index (χ0) is 20.9. The van der Waals surface area contributed by atoms with E-state index in [2.05, 4.69) is 5.32 Å². The molecule has 1 amide bonds. The highest BCUT2D eigenvalue weighted by Gasteiger charge is 2.34. The number of methoxy groups -OCH3 is 1. The lowest BCUT2D eigenvalue weighted by molar-refractivity contribution is -0.384. The van der Waals surface area contributed by atoms with Gasteiger partial charge in [0.05, 0.1) is 23.1 Å². The van der Waals surface area contributed by atoms with Crippen LogP contribution in [0.3, 0.4) is 0 Å². The zero-order valence-electron chi connectivity index (χ0n) is 16.1. The highest BCUT2D eigenvalue weighted by atomic mass is 16.6. The van der Waals surface area contributed by atoms with Crippen LogP contribution in [0.25, 0.3) is 0 Å². The molecule has 148 valence electrons. The maximum Gasteiger partial charge on any atom is 0.316 e. The van der Waals surface area contributed by atoms with Crippen molar-refractivity contribution in [3.05, 3.63) is 64.2 Å². The molecule has 0 heterocycles. The molecule has 0 saturated carbocycles. The minimum Gasteiger partial charge on any atom is -0.495 e. The summed E-state index contributed by atoms with van der Waals surface area (Å²) in [6, 6.07) is 12.9. The van der Waals surface area contributed by atoms with Crippen molar-refractivity contribution < 1.29 is 24.0 Å². The number of carbonyl (C=O) groups excluding carboxylic acids is 2. The number of carbonyl (C=O) groups is 2. The topological polar surface area (TPSA) is 108 Å². The minimum absolute atomic E-state index is 0.118. The van der Waals surface area contributed by atoms with Crippen molar-refractivity contribution in [1.82, 2.24) is 0 Å². The van der Waals surface area contributed by atoms with Gasteiger partial charge in [0.15, 0.2) is 6.10 Å². The second-order valence-electron chi connectivity index (χ2n) is 6.67. The first-order valence-electron chi connectivity index (χ1n) is 8.56. The number of nitro benzene ring substituents is 1. The van der Waals surface area contributed by atoms with Gasteiger partial charge in [0.1, 0.15) is 5.75 Å². The quantitative estimate of drug-likeness (QED) is 0.444. The van der Waals surface area contributed by atoms with Gasteiger partial charge >= 0.3 is 5.97 Å². The van der Waals surface area contributed by atoms with Crippen molar-refractivity contribution in [2.45, 2.75) is 32.3 Å². The third-order valence-corrected chi connectivity index (χ3v) is 4.31. The van der Waals surface area contributed by atoms with E-state index in [0.717, 1.165) is 5.56 Å². The number of nitro groups is 1. The lowest BCUT2D eigenvalue weighted by Gasteiger charge is -2.25. The van der Waals surface area contributed by atoms with Crippen LogP contribution in [0, 0.1) is 10.1 Å². The summed E-state index contributed by atoms with van der Waals surface area (Å²) in [5.74, 6) is -0.939. The van der Waals surface area contributed by atoms with Crippen LogP contribution in [-0.2, 0) is 19.7 Å². The van der Waals surface area contributed by atoms with Crippen molar-refractivity contribution in [1.29, 1.82) is 0 Å². The molecule has 1 N–H and O–H groups in total. The van der Waals surface area contributed by atoms with Crippen LogP contribution in [-0.4, -0.2) is 30.0 Å². The number of rotatable bonds is 7. The zero-order valence-corrected chi connectivity index (χ0v) is 16.1. The van der Waals surface area contributed by atoms with E-state index in [1.54, 1.807) is 26.0 Å². The number of nitrogens with one attached hydrogen (secondary N) is 1. The summed E-state index contributed by atoms with van der Waals surface area (Å²) in [7, 11) is 1.38. The number of ether oxygens (including phenoxy) is 2. The van der Waals surface area contributed by atoms with E-state index in [9.17, 15) is 19.7 Å². The van der Waals surface area contributed by atoms with Gasteiger partial charge in [-0.3, -0.25) is 19.7 Å². The van der Waals surface area contributed by atoms with Gasteiger partial charge in [0.2, 0.25) is 0 Å². The van der Waals surface area contributed by atoms with E-state index in [4.69, 9.17) is 9.47 Å². The summed E-state index contributed by atoms with van der Waals surface area (Å²) in [4.78, 5) is 35.4. The first-order valence-corrected chi connectivity index (χ1v) is 8.56. The van der Waals surface area contributed by atoms with Gasteiger partial charge in [-0.05, 0) is 32.4 Å². The highest BCUT2D eigenvalue weighted by Crippen LogP contribution is 2.29. The molecule has 2 aromatic carbocycles. The van der Waals surface area contributed by atoms with Crippen molar-refractivity contribution in [3.63, 3.8) is 0 Å². The largest absolute Gasteiger partial charge is 0.495 e. The molecule has 0 radical (unpaired) electrons. The third-order valence-electron chi connectivity index (χ3n) is 4.31. The molecule has 2 rings (SSSR count). The Bertz CT molecular complexity index is 880. The second kappa shape index (κ2) is 8.51. The van der Waals surface area contributed by atoms with Crippen LogP contribution in [0.4, 0.5) is 11.4 Å². The Morgan fingerprint density at radius 2 is 1.79 bits per heavy atom. The number of anilines is 1. The van der Waals surface area contributed by atoms with E-state index in [0.29, 0.717) is 0 Å². The summed E-state index contributed by atoms with van der Waals surface area (Å²) in [6.45, 7) is 4.84. The van der Waals surface area contributed by atoms with Gasteiger partial charge in [0, 0.05) is 12.1 Å². The van der Waals surface area contributed by atoms with E-state index in [-0.39, 0.29) is 17.1 Å². The molecular formula is C20H22N2O6. The monoisotopic (exact) mass is 386 g/mol. The molecule has 0 aliphatic carbocycles. The molecule has 2 aromatic rings. The summed E-state index contributed by atoms with van der Waals surface area (Å²) in [5, 5.41) is 13.5. The fourth-order valence-electron chi connectivity index (χ4n) is 2.48. The van der Waals surface area contributed by atoms with E-state index < -0.39 is 28.3 Å². The predicted molar refractivity (Wildman–Crippen MR) is 103 cm³/mol. The van der Waals surface area contributed by atoms with Crippen molar-refractivity contribution >= 4 is 23.3 Å². The second-order valence-corrected chi connectivity index (χ2v) is 6.67. The van der Waals surface area contributed by atoms with Gasteiger partial charge < -0.3 is 14.8 Å². The number of benzene rings is 2. The normalized spacial score (nSPS) is 12.0. The Labute approximate surface area is 162 Å². The molecular weight excluding hydrogens is 364 g/mol. The third kappa shape index (κ3) is 4.64. The Morgan fingerprint density at radius 1 is 1.14 bits per heavy atom. The Morgan fingerprint density at radius 3 is 2.36 bits per heavy atom. The van der Waals surface area contributed by atoms with Gasteiger partial charge in [-0.25, -0.2) is 0 Å². The smallest absolute Gasteiger partial charge is 0.316 e. The lowest BCUT2D eigenvalue weighted by Crippen LogP contribution is -2.37. The van der Waals surface area contributed by atoms with E-state index >= 15 is 0 Å². The van der Waals surface area contributed by atoms with Gasteiger partial charge in [-0.2, -0.15) is 0 Å². The molecule has 0 aromatic heterocycles. The number of amides is 1. The first kappa shape index (κ1) is 20.9. The van der Waals surface area contributed by atoms with E-state index in [1.807, 2.05) is 18.2 Å². The first-order chi connectivity index (χ1) is 13.2. The summed E-state index contributed by atoms with van der Waals surface area (Å²) < 4.78 is 10.4. The van der Waals surface area contributed by atoms with Crippen LogP contribution in [0.15, 0.2) is 48.5 Å². The summed E-state index contributed by atoms with van der Waals surface area (Å²) in [5.41, 5.74) is -0.273. The van der Waals surface area contributed by atoms with Crippen LogP contribution in [0.2, 0.25) is 0 Å². The van der Waals surface area contributed by atoms with Crippen LogP contribution in [0.5, 0.6) is 5.75 Å². The fourth-order valence-corrected chi connectivity index (χ4v) is 2.48. The molecule has 0 aliphatic heterocycles. The lowest BCUT2D eigenvalue weighted by atomic mass is 9.85. The van der Waals surface area contributed by atoms with Crippen molar-refractivity contribution in [2.24, 2.45) is 0 Å². The fraction of sp³-hybridized carbons (Fsp3) is 0.300. The Kier molecular flexibility index (Phi) is 6.35. The molecule has 0 saturated heterocycles. The maximum atomic E-state index is 12.6. The maximum absolute atomic E-state index is 12.6.